The number of nitrogens with one attached hydrogen (secondary N) is 1. The van der Waals surface area contributed by atoms with Gasteiger partial charge in [0.05, 0.1) is 18.0 Å². The first-order chi connectivity index (χ1) is 8.59. The Bertz CT molecular complexity index is 459. The van der Waals surface area contributed by atoms with Gasteiger partial charge in [0, 0.05) is 6.61 Å². The molecule has 2 N–H and O–H groups in total. The highest BCUT2D eigenvalue weighted by Gasteiger charge is 2.12. The van der Waals surface area contributed by atoms with Crippen molar-refractivity contribution in [3.8, 4) is 5.75 Å². The molecule has 0 aliphatic heterocycles. The zero-order valence-corrected chi connectivity index (χ0v) is 11.2. The molecule has 0 aliphatic rings. The number of sulfonamides is 1. The van der Waals surface area contributed by atoms with Crippen molar-refractivity contribution in [2.75, 3.05) is 23.7 Å². The molecule has 1 rings (SSSR count). The van der Waals surface area contributed by atoms with Gasteiger partial charge in [-0.3, -0.25) is 4.72 Å². The molecule has 1 aromatic carbocycles. The van der Waals surface area contributed by atoms with Crippen molar-refractivity contribution >= 4 is 15.7 Å². The van der Waals surface area contributed by atoms with Gasteiger partial charge in [-0.2, -0.15) is 0 Å². The van der Waals surface area contributed by atoms with Crippen molar-refractivity contribution in [1.82, 2.24) is 0 Å². The Morgan fingerprint density at radius 2 is 2.00 bits per heavy atom. The van der Waals surface area contributed by atoms with Crippen LogP contribution in [0, 0.1) is 0 Å². The largest absolute Gasteiger partial charge is 0.492 e. The quantitative estimate of drug-likeness (QED) is 0.705. The third-order valence-electron chi connectivity index (χ3n) is 2.27. The Kier molecular flexibility index (Phi) is 5.94. The van der Waals surface area contributed by atoms with Gasteiger partial charge in [-0.15, -0.1) is 0 Å². The average Bonchev–Trinajstić information content (AvgIpc) is 2.32. The summed E-state index contributed by atoms with van der Waals surface area (Å²) >= 11 is 0. The average molecular weight is 273 g/mol. The zero-order chi connectivity index (χ0) is 13.4. The maximum absolute atomic E-state index is 11.8. The summed E-state index contributed by atoms with van der Waals surface area (Å²) in [5.74, 6) is 0.513. The van der Waals surface area contributed by atoms with Crippen molar-refractivity contribution in [2.45, 2.75) is 19.8 Å². The molecule has 0 aliphatic carbocycles. The molecule has 1 aromatic rings. The van der Waals surface area contributed by atoms with Crippen LogP contribution in [-0.4, -0.2) is 32.5 Å². The first-order valence-electron chi connectivity index (χ1n) is 5.92. The highest BCUT2D eigenvalue weighted by atomic mass is 32.2. The van der Waals surface area contributed by atoms with Gasteiger partial charge < -0.3 is 9.84 Å². The number of benzene rings is 1. The van der Waals surface area contributed by atoms with E-state index in [1.54, 1.807) is 24.3 Å². The summed E-state index contributed by atoms with van der Waals surface area (Å²) in [7, 11) is -3.39. The Labute approximate surface area is 108 Å². The lowest BCUT2D eigenvalue weighted by molar-refractivity contribution is 0.287. The number of hydrogen-bond donors (Lipinski definition) is 2. The summed E-state index contributed by atoms with van der Waals surface area (Å²) in [4.78, 5) is 0. The van der Waals surface area contributed by atoms with Crippen LogP contribution in [0.25, 0.3) is 0 Å². The Morgan fingerprint density at radius 3 is 2.67 bits per heavy atom. The van der Waals surface area contributed by atoms with Crippen molar-refractivity contribution in [3.05, 3.63) is 24.3 Å². The maximum atomic E-state index is 11.8. The zero-order valence-electron chi connectivity index (χ0n) is 10.4. The van der Waals surface area contributed by atoms with Crippen LogP contribution < -0.4 is 9.46 Å². The molecule has 0 atom stereocenters. The fourth-order valence-corrected chi connectivity index (χ4v) is 2.64. The molecule has 0 heterocycles. The molecule has 0 radical (unpaired) electrons. The number of para-hydroxylation sites is 2. The number of unbranched alkanes of at least 4 members (excludes halogenated alkanes) is 1. The SMILES string of the molecule is CCOc1ccccc1NS(=O)(=O)CCCCO. The minimum atomic E-state index is -3.39. The summed E-state index contributed by atoms with van der Waals surface area (Å²) in [6.45, 7) is 2.32. The van der Waals surface area contributed by atoms with E-state index in [-0.39, 0.29) is 12.4 Å². The second kappa shape index (κ2) is 7.23. The van der Waals surface area contributed by atoms with Gasteiger partial charge in [0.15, 0.2) is 0 Å². The lowest BCUT2D eigenvalue weighted by Crippen LogP contribution is -2.17. The first kappa shape index (κ1) is 14.8. The van der Waals surface area contributed by atoms with Crippen molar-refractivity contribution in [2.24, 2.45) is 0 Å². The van der Waals surface area contributed by atoms with E-state index in [0.29, 0.717) is 30.9 Å². The minimum absolute atomic E-state index is 0.00501. The lowest BCUT2D eigenvalue weighted by Gasteiger charge is -2.12. The van der Waals surface area contributed by atoms with Crippen LogP contribution >= 0.6 is 0 Å². The van der Waals surface area contributed by atoms with Crippen LogP contribution in [0.2, 0.25) is 0 Å². The van der Waals surface area contributed by atoms with Gasteiger partial charge in [-0.1, -0.05) is 12.1 Å². The molecule has 0 amide bonds. The van der Waals surface area contributed by atoms with Crippen LogP contribution in [0.3, 0.4) is 0 Å². The van der Waals surface area contributed by atoms with E-state index >= 15 is 0 Å². The lowest BCUT2D eigenvalue weighted by atomic mass is 10.3. The fraction of sp³-hybridized carbons (Fsp3) is 0.500. The smallest absolute Gasteiger partial charge is 0.232 e. The molecule has 0 aromatic heterocycles. The first-order valence-corrected chi connectivity index (χ1v) is 7.57. The fourth-order valence-electron chi connectivity index (χ4n) is 1.45. The predicted octanol–water partition coefficient (Wildman–Crippen LogP) is 1.60. The van der Waals surface area contributed by atoms with Crippen LogP contribution in [0.15, 0.2) is 24.3 Å². The van der Waals surface area contributed by atoms with Crippen LogP contribution in [-0.2, 0) is 10.0 Å². The Hall–Kier alpha value is -1.27. The van der Waals surface area contributed by atoms with E-state index < -0.39 is 10.0 Å². The molecule has 0 bridgehead atoms. The summed E-state index contributed by atoms with van der Waals surface area (Å²) in [6.07, 6.45) is 0.913. The minimum Gasteiger partial charge on any atom is -0.492 e. The summed E-state index contributed by atoms with van der Waals surface area (Å²) < 4.78 is 31.4. The van der Waals surface area contributed by atoms with Crippen molar-refractivity contribution < 1.29 is 18.3 Å². The third kappa shape index (κ3) is 4.93. The van der Waals surface area contributed by atoms with Gasteiger partial charge in [0.2, 0.25) is 10.0 Å². The normalized spacial score (nSPS) is 11.2. The summed E-state index contributed by atoms with van der Waals surface area (Å²) in [5.41, 5.74) is 0.448. The highest BCUT2D eigenvalue weighted by Crippen LogP contribution is 2.24. The Balaban J connectivity index is 2.71. The molecule has 0 saturated carbocycles. The monoisotopic (exact) mass is 273 g/mol. The summed E-state index contributed by atoms with van der Waals surface area (Å²) in [6, 6.07) is 6.91. The molecule has 0 spiro atoms. The molecular formula is C12H19NO4S. The van der Waals surface area contributed by atoms with Crippen LogP contribution in [0.5, 0.6) is 5.75 Å². The maximum Gasteiger partial charge on any atom is 0.232 e. The molecule has 0 unspecified atom stereocenters. The standard InChI is InChI=1S/C12H19NO4S/c1-2-17-12-8-4-3-7-11(12)13-18(15,16)10-6-5-9-14/h3-4,7-8,13-14H,2,5-6,9-10H2,1H3. The molecule has 0 saturated heterocycles. The van der Waals surface area contributed by atoms with Gasteiger partial charge in [0.25, 0.3) is 0 Å². The topological polar surface area (TPSA) is 75.6 Å². The van der Waals surface area contributed by atoms with E-state index in [9.17, 15) is 8.42 Å². The molecule has 18 heavy (non-hydrogen) atoms. The van der Waals surface area contributed by atoms with E-state index in [2.05, 4.69) is 4.72 Å². The number of ether oxygens (including phenoxy) is 1. The van der Waals surface area contributed by atoms with E-state index in [0.717, 1.165) is 0 Å². The van der Waals surface area contributed by atoms with Gasteiger partial charge in [-0.25, -0.2) is 8.42 Å². The van der Waals surface area contributed by atoms with Crippen molar-refractivity contribution in [1.29, 1.82) is 0 Å². The molecule has 6 heteroatoms. The number of hydrogen-bond acceptors (Lipinski definition) is 4. The second-order valence-electron chi connectivity index (χ2n) is 3.78. The Morgan fingerprint density at radius 1 is 1.28 bits per heavy atom. The molecule has 0 fully saturated rings. The molecule has 102 valence electrons. The number of anilines is 1. The van der Waals surface area contributed by atoms with Crippen molar-refractivity contribution in [3.63, 3.8) is 0 Å². The number of rotatable bonds is 8. The van der Waals surface area contributed by atoms with Gasteiger partial charge >= 0.3 is 0 Å². The van der Waals surface area contributed by atoms with Crippen LogP contribution in [0.4, 0.5) is 5.69 Å². The van der Waals surface area contributed by atoms with E-state index in [1.165, 1.54) is 0 Å². The van der Waals surface area contributed by atoms with Gasteiger partial charge in [0.1, 0.15) is 5.75 Å². The second-order valence-corrected chi connectivity index (χ2v) is 5.62. The van der Waals surface area contributed by atoms with Crippen LogP contribution in [0.1, 0.15) is 19.8 Å². The molecule has 5 nitrogen and oxygen atoms in total. The van der Waals surface area contributed by atoms with E-state index in [4.69, 9.17) is 9.84 Å². The number of aliphatic hydroxyl groups excluding tert-OH is 1. The van der Waals surface area contributed by atoms with E-state index in [1.807, 2.05) is 6.92 Å². The van der Waals surface area contributed by atoms with Gasteiger partial charge in [-0.05, 0) is 31.9 Å². The summed E-state index contributed by atoms with van der Waals surface area (Å²) in [5, 5.41) is 8.63. The highest BCUT2D eigenvalue weighted by molar-refractivity contribution is 7.92. The number of aliphatic hydroxyl groups is 1. The predicted molar refractivity (Wildman–Crippen MR) is 71.3 cm³/mol. The third-order valence-corrected chi connectivity index (χ3v) is 3.63. The molecular weight excluding hydrogens is 254 g/mol.